The Morgan fingerprint density at radius 1 is 1.06 bits per heavy atom. The lowest BCUT2D eigenvalue weighted by molar-refractivity contribution is 0.242. The average Bonchev–Trinajstić information content (AvgIpc) is 3.35. The summed E-state index contributed by atoms with van der Waals surface area (Å²) in [6.07, 6.45) is 7.82. The van der Waals surface area contributed by atoms with Crippen molar-refractivity contribution in [3.8, 4) is 23.1 Å². The monoisotopic (exact) mass is 450 g/mol. The van der Waals surface area contributed by atoms with Crippen LogP contribution in [0.1, 0.15) is 39.1 Å². The molecule has 3 aromatic rings. The van der Waals surface area contributed by atoms with Crippen LogP contribution in [0.5, 0.6) is 23.1 Å². The topological polar surface area (TPSA) is 85.8 Å². The summed E-state index contributed by atoms with van der Waals surface area (Å²) < 4.78 is 17.0. The molecule has 8 heteroatoms. The van der Waals surface area contributed by atoms with Crippen molar-refractivity contribution in [2.24, 2.45) is 0 Å². The molecule has 2 amide bonds. The molecule has 1 aliphatic heterocycles. The summed E-state index contributed by atoms with van der Waals surface area (Å²) in [5.41, 5.74) is 2.74. The summed E-state index contributed by atoms with van der Waals surface area (Å²) >= 11 is 0. The van der Waals surface area contributed by atoms with Crippen molar-refractivity contribution in [2.45, 2.75) is 44.6 Å². The van der Waals surface area contributed by atoms with Crippen molar-refractivity contribution >= 4 is 22.6 Å². The Kier molecular flexibility index (Phi) is 5.90. The van der Waals surface area contributed by atoms with Crippen LogP contribution in [0.15, 0.2) is 36.7 Å². The van der Waals surface area contributed by atoms with Crippen LogP contribution in [0.3, 0.4) is 0 Å². The molecule has 0 unspecified atom stereocenters. The Labute approximate surface area is 194 Å². The SMILES string of the molecule is COc1cc2ncnc(Oc3ccc4c(c3)CCCN4C(=O)NC3CCCC3)c2cc1OC.[HH]. The number of carbonyl (C=O) groups excluding carboxylic acids is 1. The number of urea groups is 1. The minimum atomic E-state index is -0.000597. The van der Waals surface area contributed by atoms with Gasteiger partial charge in [0.1, 0.15) is 12.1 Å². The summed E-state index contributed by atoms with van der Waals surface area (Å²) in [6.45, 7) is 0.726. The maximum Gasteiger partial charge on any atom is 0.322 e. The molecule has 1 saturated carbocycles. The van der Waals surface area contributed by atoms with E-state index in [1.165, 1.54) is 19.2 Å². The third kappa shape index (κ3) is 4.25. The van der Waals surface area contributed by atoms with Gasteiger partial charge in [-0.15, -0.1) is 0 Å². The van der Waals surface area contributed by atoms with E-state index in [9.17, 15) is 4.79 Å². The molecule has 0 saturated heterocycles. The molecular formula is C25H30N4O4. The van der Waals surface area contributed by atoms with E-state index in [4.69, 9.17) is 14.2 Å². The van der Waals surface area contributed by atoms with Crippen molar-refractivity contribution in [3.05, 3.63) is 42.2 Å². The number of amides is 2. The van der Waals surface area contributed by atoms with Gasteiger partial charge in [0.15, 0.2) is 11.5 Å². The minimum absolute atomic E-state index is 0. The predicted molar refractivity (Wildman–Crippen MR) is 128 cm³/mol. The molecule has 174 valence electrons. The third-order valence-electron chi connectivity index (χ3n) is 6.42. The number of aryl methyl sites for hydroxylation is 1. The minimum Gasteiger partial charge on any atom is -0.493 e. The molecular weight excluding hydrogens is 420 g/mol. The predicted octanol–water partition coefficient (Wildman–Crippen LogP) is 5.09. The molecule has 1 fully saturated rings. The zero-order valence-corrected chi connectivity index (χ0v) is 19.0. The van der Waals surface area contributed by atoms with Crippen molar-refractivity contribution in [1.29, 1.82) is 0 Å². The van der Waals surface area contributed by atoms with E-state index < -0.39 is 0 Å². The van der Waals surface area contributed by atoms with Crippen LogP contribution < -0.4 is 24.4 Å². The third-order valence-corrected chi connectivity index (χ3v) is 6.42. The van der Waals surface area contributed by atoms with E-state index in [0.717, 1.165) is 48.9 Å². The van der Waals surface area contributed by atoms with Crippen LogP contribution in [-0.4, -0.2) is 42.8 Å². The highest BCUT2D eigenvalue weighted by molar-refractivity contribution is 5.93. The van der Waals surface area contributed by atoms with Gasteiger partial charge in [-0.2, -0.15) is 0 Å². The summed E-state index contributed by atoms with van der Waals surface area (Å²) in [7, 11) is 3.18. The fourth-order valence-corrected chi connectivity index (χ4v) is 4.72. The number of aromatic nitrogens is 2. The Bertz CT molecular complexity index is 1180. The molecule has 2 aliphatic rings. The van der Waals surface area contributed by atoms with Gasteiger partial charge in [-0.05, 0) is 55.5 Å². The molecule has 8 nitrogen and oxygen atoms in total. The van der Waals surface area contributed by atoms with E-state index in [0.29, 0.717) is 34.7 Å². The van der Waals surface area contributed by atoms with Crippen LogP contribution in [-0.2, 0) is 6.42 Å². The molecule has 0 spiro atoms. The Morgan fingerprint density at radius 2 is 1.85 bits per heavy atom. The van der Waals surface area contributed by atoms with Crippen molar-refractivity contribution in [3.63, 3.8) is 0 Å². The lowest BCUT2D eigenvalue weighted by Crippen LogP contribution is -2.46. The maximum atomic E-state index is 12.9. The molecule has 33 heavy (non-hydrogen) atoms. The van der Waals surface area contributed by atoms with E-state index in [1.807, 2.05) is 29.2 Å². The number of nitrogens with zero attached hydrogens (tertiary/aromatic N) is 3. The molecule has 1 N–H and O–H groups in total. The highest BCUT2D eigenvalue weighted by Crippen LogP contribution is 2.37. The molecule has 5 rings (SSSR count). The summed E-state index contributed by atoms with van der Waals surface area (Å²) in [4.78, 5) is 23.4. The first-order chi connectivity index (χ1) is 16.2. The van der Waals surface area contributed by atoms with Gasteiger partial charge in [-0.3, -0.25) is 4.90 Å². The fourth-order valence-electron chi connectivity index (χ4n) is 4.72. The van der Waals surface area contributed by atoms with Gasteiger partial charge in [0.25, 0.3) is 0 Å². The van der Waals surface area contributed by atoms with Gasteiger partial charge in [0, 0.05) is 25.8 Å². The standard InChI is InChI=1S/C25H28N4O4.H2/c1-31-22-13-19-20(14-23(22)32-2)26-15-27-24(19)33-18-9-10-21-16(12-18)6-5-11-29(21)25(30)28-17-7-3-4-8-17;/h9-10,12-15,17H,3-8,11H2,1-2H3,(H,28,30);1H. The number of fused-ring (bicyclic) bond motifs is 2. The Balaban J connectivity index is 0.00000274. The number of methoxy groups -OCH3 is 2. The molecule has 0 radical (unpaired) electrons. The largest absolute Gasteiger partial charge is 0.493 e. The average molecular weight is 451 g/mol. The van der Waals surface area contributed by atoms with E-state index in [1.54, 1.807) is 20.3 Å². The first-order valence-corrected chi connectivity index (χ1v) is 11.4. The van der Waals surface area contributed by atoms with Crippen LogP contribution in [0.4, 0.5) is 10.5 Å². The lowest BCUT2D eigenvalue weighted by atomic mass is 10.0. The van der Waals surface area contributed by atoms with E-state index >= 15 is 0 Å². The summed E-state index contributed by atoms with van der Waals surface area (Å²) in [5, 5.41) is 3.93. The van der Waals surface area contributed by atoms with Gasteiger partial charge in [0.05, 0.1) is 25.1 Å². The van der Waals surface area contributed by atoms with Crippen LogP contribution in [0.2, 0.25) is 0 Å². The Morgan fingerprint density at radius 3 is 2.64 bits per heavy atom. The fraction of sp³-hybridized carbons (Fsp3) is 0.400. The van der Waals surface area contributed by atoms with E-state index in [-0.39, 0.29) is 7.46 Å². The number of ether oxygens (including phenoxy) is 3. The molecule has 2 aromatic carbocycles. The van der Waals surface area contributed by atoms with Crippen LogP contribution >= 0.6 is 0 Å². The first kappa shape index (κ1) is 21.3. The first-order valence-electron chi connectivity index (χ1n) is 11.4. The van der Waals surface area contributed by atoms with Gasteiger partial charge in [-0.25, -0.2) is 14.8 Å². The van der Waals surface area contributed by atoms with Crippen molar-refractivity contribution in [1.82, 2.24) is 15.3 Å². The van der Waals surface area contributed by atoms with Gasteiger partial charge >= 0.3 is 6.03 Å². The summed E-state index contributed by atoms with van der Waals surface area (Å²) in [6, 6.07) is 9.76. The molecule has 1 aliphatic carbocycles. The number of hydrogen-bond donors (Lipinski definition) is 1. The highest BCUT2D eigenvalue weighted by Gasteiger charge is 2.26. The number of rotatable bonds is 5. The maximum absolute atomic E-state index is 12.9. The lowest BCUT2D eigenvalue weighted by Gasteiger charge is -2.31. The summed E-state index contributed by atoms with van der Waals surface area (Å²) in [5.74, 6) is 2.28. The smallest absolute Gasteiger partial charge is 0.322 e. The molecule has 0 bridgehead atoms. The van der Waals surface area contributed by atoms with Crippen LogP contribution in [0, 0.1) is 0 Å². The Hall–Kier alpha value is -3.55. The van der Waals surface area contributed by atoms with Gasteiger partial charge in [-0.1, -0.05) is 12.8 Å². The van der Waals surface area contributed by atoms with Crippen LogP contribution in [0.25, 0.3) is 10.9 Å². The highest BCUT2D eigenvalue weighted by atomic mass is 16.5. The number of anilines is 1. The number of nitrogens with one attached hydrogen (secondary N) is 1. The van der Waals surface area contributed by atoms with Gasteiger partial charge < -0.3 is 19.5 Å². The van der Waals surface area contributed by atoms with Crippen molar-refractivity contribution < 1.29 is 20.4 Å². The molecule has 1 aromatic heterocycles. The quantitative estimate of drug-likeness (QED) is 0.583. The van der Waals surface area contributed by atoms with Crippen molar-refractivity contribution in [2.75, 3.05) is 25.7 Å². The number of carbonyl (C=O) groups is 1. The zero-order chi connectivity index (χ0) is 22.8. The molecule has 2 heterocycles. The van der Waals surface area contributed by atoms with E-state index in [2.05, 4.69) is 15.3 Å². The van der Waals surface area contributed by atoms with Gasteiger partial charge in [0.2, 0.25) is 5.88 Å². The number of hydrogen-bond acceptors (Lipinski definition) is 6. The second kappa shape index (κ2) is 9.13. The number of benzene rings is 2. The zero-order valence-electron chi connectivity index (χ0n) is 19.0. The second-order valence-corrected chi connectivity index (χ2v) is 8.48. The second-order valence-electron chi connectivity index (χ2n) is 8.48. The molecule has 0 atom stereocenters. The normalized spacial score (nSPS) is 15.9.